The number of amides is 2. The van der Waals surface area contributed by atoms with Crippen LogP contribution in [0.5, 0.6) is 0 Å². The zero-order valence-corrected chi connectivity index (χ0v) is 16.9. The molecule has 1 saturated heterocycles. The highest BCUT2D eigenvalue weighted by molar-refractivity contribution is 5.83. The average Bonchev–Trinajstić information content (AvgIpc) is 2.99. The number of likely N-dealkylation sites (N-methyl/N-ethyl adjacent to an activating group) is 1. The quantitative estimate of drug-likeness (QED) is 0.824. The van der Waals surface area contributed by atoms with Crippen LogP contribution in [0.2, 0.25) is 0 Å². The standard InChI is InChI=1S/C20H28N4O4/c1-13(2)23-10-9-22(12-16(23)19(26)21-4)18(25)7-8-24-15-11-14(3)5-6-17(15)28-20(24)27/h5-6,11,13,16H,7-10,12H2,1-4H3,(H,21,26)/t16-/m0/s1. The topological polar surface area (TPSA) is 87.8 Å². The maximum Gasteiger partial charge on any atom is 0.419 e. The second-order valence-electron chi connectivity index (χ2n) is 7.54. The number of carbonyl (C=O) groups is 2. The summed E-state index contributed by atoms with van der Waals surface area (Å²) in [4.78, 5) is 41.0. The van der Waals surface area contributed by atoms with Gasteiger partial charge in [0.2, 0.25) is 11.8 Å². The highest BCUT2D eigenvalue weighted by atomic mass is 16.4. The number of aromatic nitrogens is 1. The summed E-state index contributed by atoms with van der Waals surface area (Å²) in [5, 5.41) is 2.69. The van der Waals surface area contributed by atoms with Gasteiger partial charge < -0.3 is 14.6 Å². The van der Waals surface area contributed by atoms with E-state index < -0.39 is 5.76 Å². The summed E-state index contributed by atoms with van der Waals surface area (Å²) < 4.78 is 6.76. The minimum absolute atomic E-state index is 0.0637. The molecular weight excluding hydrogens is 360 g/mol. The summed E-state index contributed by atoms with van der Waals surface area (Å²) in [7, 11) is 1.61. The first-order valence-corrected chi connectivity index (χ1v) is 9.67. The average molecular weight is 388 g/mol. The monoisotopic (exact) mass is 388 g/mol. The fourth-order valence-electron chi connectivity index (χ4n) is 3.79. The minimum Gasteiger partial charge on any atom is -0.408 e. The van der Waals surface area contributed by atoms with Crippen LogP contribution in [0.1, 0.15) is 25.8 Å². The number of nitrogens with one attached hydrogen (secondary N) is 1. The first kappa shape index (κ1) is 20.1. The molecular formula is C20H28N4O4. The Morgan fingerprint density at radius 1 is 1.29 bits per heavy atom. The molecule has 1 atom stereocenters. The van der Waals surface area contributed by atoms with Gasteiger partial charge in [0.05, 0.1) is 5.52 Å². The molecule has 1 aromatic carbocycles. The molecule has 0 unspecified atom stereocenters. The highest BCUT2D eigenvalue weighted by Gasteiger charge is 2.34. The van der Waals surface area contributed by atoms with E-state index in [0.717, 1.165) is 5.56 Å². The van der Waals surface area contributed by atoms with Crippen LogP contribution >= 0.6 is 0 Å². The van der Waals surface area contributed by atoms with Crippen molar-refractivity contribution in [2.75, 3.05) is 26.7 Å². The Morgan fingerprint density at radius 2 is 2.04 bits per heavy atom. The molecule has 2 aromatic rings. The molecule has 0 bridgehead atoms. The summed E-state index contributed by atoms with van der Waals surface area (Å²) in [6.45, 7) is 7.87. The third-order valence-electron chi connectivity index (χ3n) is 5.36. The largest absolute Gasteiger partial charge is 0.419 e. The van der Waals surface area contributed by atoms with E-state index in [0.29, 0.717) is 30.7 Å². The second-order valence-corrected chi connectivity index (χ2v) is 7.54. The normalized spacial score (nSPS) is 18.0. The van der Waals surface area contributed by atoms with E-state index in [4.69, 9.17) is 4.42 Å². The number of benzene rings is 1. The molecule has 1 aliphatic rings. The van der Waals surface area contributed by atoms with Crippen LogP contribution in [0.15, 0.2) is 27.4 Å². The van der Waals surface area contributed by atoms with E-state index in [1.54, 1.807) is 18.0 Å². The lowest BCUT2D eigenvalue weighted by Crippen LogP contribution is -2.61. The lowest BCUT2D eigenvalue weighted by molar-refractivity contribution is -0.139. The lowest BCUT2D eigenvalue weighted by Gasteiger charge is -2.42. The van der Waals surface area contributed by atoms with E-state index in [1.807, 2.05) is 32.9 Å². The second kappa shape index (κ2) is 8.18. The number of fused-ring (bicyclic) bond motifs is 1. The Kier molecular flexibility index (Phi) is 5.88. The van der Waals surface area contributed by atoms with Crippen molar-refractivity contribution in [2.24, 2.45) is 0 Å². The van der Waals surface area contributed by atoms with E-state index in [-0.39, 0.29) is 36.9 Å². The molecule has 152 valence electrons. The van der Waals surface area contributed by atoms with Gasteiger partial charge in [0.1, 0.15) is 6.04 Å². The van der Waals surface area contributed by atoms with E-state index in [9.17, 15) is 14.4 Å². The zero-order chi connectivity index (χ0) is 20.4. The molecule has 0 spiro atoms. The van der Waals surface area contributed by atoms with Crippen LogP contribution in [0.25, 0.3) is 11.1 Å². The summed E-state index contributed by atoms with van der Waals surface area (Å²) in [5.74, 6) is -0.605. The smallest absolute Gasteiger partial charge is 0.408 e. The minimum atomic E-state index is -0.457. The number of hydrogen-bond donors (Lipinski definition) is 1. The maximum absolute atomic E-state index is 12.8. The fourth-order valence-corrected chi connectivity index (χ4v) is 3.79. The van der Waals surface area contributed by atoms with Gasteiger partial charge in [0.25, 0.3) is 0 Å². The Bertz CT molecular complexity index is 930. The van der Waals surface area contributed by atoms with Crippen molar-refractivity contribution in [1.29, 1.82) is 0 Å². The molecule has 2 amide bonds. The predicted molar refractivity (Wildman–Crippen MR) is 106 cm³/mol. The molecule has 2 heterocycles. The summed E-state index contributed by atoms with van der Waals surface area (Å²) >= 11 is 0. The maximum atomic E-state index is 12.8. The molecule has 0 saturated carbocycles. The third kappa shape index (κ3) is 3.96. The van der Waals surface area contributed by atoms with Crippen molar-refractivity contribution in [3.05, 3.63) is 34.3 Å². The molecule has 8 nitrogen and oxygen atoms in total. The van der Waals surface area contributed by atoms with E-state index >= 15 is 0 Å². The van der Waals surface area contributed by atoms with E-state index in [1.165, 1.54) is 4.57 Å². The number of aryl methyl sites for hydroxylation is 2. The molecule has 0 aliphatic carbocycles. The van der Waals surface area contributed by atoms with Crippen LogP contribution < -0.4 is 11.1 Å². The van der Waals surface area contributed by atoms with Crippen LogP contribution in [-0.4, -0.2) is 64.9 Å². The Hall–Kier alpha value is -2.61. The van der Waals surface area contributed by atoms with Crippen molar-refractivity contribution in [1.82, 2.24) is 19.7 Å². The van der Waals surface area contributed by atoms with Gasteiger partial charge in [-0.05, 0) is 38.5 Å². The van der Waals surface area contributed by atoms with Gasteiger partial charge in [-0.25, -0.2) is 4.79 Å². The van der Waals surface area contributed by atoms with Crippen molar-refractivity contribution in [3.63, 3.8) is 0 Å². The number of oxazole rings is 1. The predicted octanol–water partition coefficient (Wildman–Crippen LogP) is 0.960. The summed E-state index contributed by atoms with van der Waals surface area (Å²) in [6.07, 6.45) is 0.185. The third-order valence-corrected chi connectivity index (χ3v) is 5.36. The van der Waals surface area contributed by atoms with Crippen LogP contribution in [0, 0.1) is 6.92 Å². The molecule has 0 radical (unpaired) electrons. The molecule has 1 N–H and O–H groups in total. The number of rotatable bonds is 5. The van der Waals surface area contributed by atoms with Gasteiger partial charge in [-0.2, -0.15) is 0 Å². The van der Waals surface area contributed by atoms with Gasteiger partial charge in [0, 0.05) is 45.7 Å². The Balaban J connectivity index is 1.70. The first-order chi connectivity index (χ1) is 13.3. The van der Waals surface area contributed by atoms with Gasteiger partial charge >= 0.3 is 5.76 Å². The Morgan fingerprint density at radius 3 is 2.71 bits per heavy atom. The van der Waals surface area contributed by atoms with Gasteiger partial charge in [-0.3, -0.25) is 19.1 Å². The summed E-state index contributed by atoms with van der Waals surface area (Å²) in [5.41, 5.74) is 2.24. The highest BCUT2D eigenvalue weighted by Crippen LogP contribution is 2.17. The number of nitrogens with zero attached hydrogens (tertiary/aromatic N) is 3. The molecule has 3 rings (SSSR count). The fraction of sp³-hybridized carbons (Fsp3) is 0.550. The van der Waals surface area contributed by atoms with Crippen LogP contribution in [0.4, 0.5) is 0 Å². The SMILES string of the molecule is CNC(=O)[C@@H]1CN(C(=O)CCn2c(=O)oc3ccc(C)cc32)CCN1C(C)C. The number of piperazine rings is 1. The van der Waals surface area contributed by atoms with Crippen molar-refractivity contribution in [2.45, 2.75) is 45.8 Å². The van der Waals surface area contributed by atoms with Crippen LogP contribution in [-0.2, 0) is 16.1 Å². The van der Waals surface area contributed by atoms with Gasteiger partial charge in [-0.15, -0.1) is 0 Å². The molecule has 1 aromatic heterocycles. The number of hydrogen-bond acceptors (Lipinski definition) is 5. The van der Waals surface area contributed by atoms with Crippen molar-refractivity contribution in [3.8, 4) is 0 Å². The van der Waals surface area contributed by atoms with Crippen molar-refractivity contribution >= 4 is 22.9 Å². The number of carbonyl (C=O) groups excluding carboxylic acids is 2. The summed E-state index contributed by atoms with van der Waals surface area (Å²) in [6, 6.07) is 5.40. The first-order valence-electron chi connectivity index (χ1n) is 9.67. The lowest BCUT2D eigenvalue weighted by atomic mass is 10.1. The Labute approximate surface area is 164 Å². The molecule has 1 fully saturated rings. The zero-order valence-electron chi connectivity index (χ0n) is 16.9. The molecule has 8 heteroatoms. The van der Waals surface area contributed by atoms with Gasteiger partial charge in [-0.1, -0.05) is 6.07 Å². The van der Waals surface area contributed by atoms with Crippen molar-refractivity contribution < 1.29 is 14.0 Å². The molecule has 28 heavy (non-hydrogen) atoms. The molecule has 1 aliphatic heterocycles. The van der Waals surface area contributed by atoms with Crippen LogP contribution in [0.3, 0.4) is 0 Å². The van der Waals surface area contributed by atoms with Gasteiger partial charge in [0.15, 0.2) is 5.58 Å². The van der Waals surface area contributed by atoms with E-state index in [2.05, 4.69) is 10.2 Å².